The molecule has 0 saturated carbocycles. The Morgan fingerprint density at radius 3 is 2.32 bits per heavy atom. The number of alkyl halides is 3. The van der Waals surface area contributed by atoms with Gasteiger partial charge in [-0.2, -0.15) is 18.3 Å². The van der Waals surface area contributed by atoms with Gasteiger partial charge in [0.05, 0.1) is 16.7 Å². The average molecular weight is 353 g/mol. The summed E-state index contributed by atoms with van der Waals surface area (Å²) >= 11 is 0. The maximum absolute atomic E-state index is 12.7. The zero-order chi connectivity index (χ0) is 18.8. The van der Waals surface area contributed by atoms with Gasteiger partial charge in [-0.05, 0) is 54.8 Å². The van der Waals surface area contributed by atoms with Crippen LogP contribution < -0.4 is 5.43 Å². The van der Waals surface area contributed by atoms with Gasteiger partial charge in [-0.1, -0.05) is 0 Å². The summed E-state index contributed by atoms with van der Waals surface area (Å²) in [4.78, 5) is 10.1. The fourth-order valence-corrected chi connectivity index (χ4v) is 2.19. The maximum atomic E-state index is 12.7. The van der Waals surface area contributed by atoms with E-state index in [1.807, 2.05) is 0 Å². The molecular formula is C16H14F3N3O3. The van der Waals surface area contributed by atoms with Gasteiger partial charge in [0.1, 0.15) is 11.4 Å². The Kier molecular flexibility index (Phi) is 4.96. The molecule has 2 N–H and O–H groups in total. The highest BCUT2D eigenvalue weighted by Crippen LogP contribution is 2.35. The van der Waals surface area contributed by atoms with Gasteiger partial charge in [0, 0.05) is 6.07 Å². The fourth-order valence-electron chi connectivity index (χ4n) is 2.19. The molecule has 0 aliphatic rings. The van der Waals surface area contributed by atoms with E-state index in [2.05, 4.69) is 10.5 Å². The summed E-state index contributed by atoms with van der Waals surface area (Å²) in [5.41, 5.74) is 2.24. The summed E-state index contributed by atoms with van der Waals surface area (Å²) in [6.45, 7) is 3.40. The molecule has 2 aromatic rings. The zero-order valence-corrected chi connectivity index (χ0v) is 13.3. The SMILES string of the molecule is Cc1cc(C=NNc2ccc(C(F)(F)F)cc2[N+](=O)[O-])cc(C)c1O. The normalized spacial score (nSPS) is 11.7. The lowest BCUT2D eigenvalue weighted by molar-refractivity contribution is -0.384. The van der Waals surface area contributed by atoms with Crippen molar-refractivity contribution in [2.75, 3.05) is 5.43 Å². The van der Waals surface area contributed by atoms with E-state index >= 15 is 0 Å². The molecule has 0 heterocycles. The summed E-state index contributed by atoms with van der Waals surface area (Å²) in [6.07, 6.45) is -3.32. The Bertz CT molecular complexity index is 825. The second kappa shape index (κ2) is 6.80. The third-order valence-electron chi connectivity index (χ3n) is 3.43. The van der Waals surface area contributed by atoms with E-state index in [0.29, 0.717) is 22.8 Å². The van der Waals surface area contributed by atoms with E-state index in [1.54, 1.807) is 26.0 Å². The number of aromatic hydroxyl groups is 1. The van der Waals surface area contributed by atoms with Crippen LogP contribution in [0.3, 0.4) is 0 Å². The van der Waals surface area contributed by atoms with Crippen LogP contribution in [-0.4, -0.2) is 16.2 Å². The molecule has 0 aliphatic carbocycles. The predicted molar refractivity (Wildman–Crippen MR) is 86.9 cm³/mol. The van der Waals surface area contributed by atoms with E-state index in [1.165, 1.54) is 6.21 Å². The molecule has 9 heteroatoms. The largest absolute Gasteiger partial charge is 0.507 e. The van der Waals surface area contributed by atoms with Crippen LogP contribution in [0.5, 0.6) is 5.75 Å². The van der Waals surface area contributed by atoms with Gasteiger partial charge in [0.2, 0.25) is 0 Å². The number of phenols is 1. The minimum atomic E-state index is -4.67. The number of halogens is 3. The minimum absolute atomic E-state index is 0.156. The topological polar surface area (TPSA) is 87.8 Å². The second-order valence-electron chi connectivity index (χ2n) is 5.36. The molecule has 2 aromatic carbocycles. The second-order valence-corrected chi connectivity index (χ2v) is 5.36. The van der Waals surface area contributed by atoms with Crippen LogP contribution in [0, 0.1) is 24.0 Å². The third kappa shape index (κ3) is 4.25. The van der Waals surface area contributed by atoms with Crippen LogP contribution in [0.15, 0.2) is 35.4 Å². The lowest BCUT2D eigenvalue weighted by Gasteiger charge is -2.08. The van der Waals surface area contributed by atoms with E-state index in [0.717, 1.165) is 12.1 Å². The van der Waals surface area contributed by atoms with Crippen LogP contribution in [0.2, 0.25) is 0 Å². The highest BCUT2D eigenvalue weighted by molar-refractivity contribution is 5.82. The number of nitro groups is 1. The summed E-state index contributed by atoms with van der Waals surface area (Å²) < 4.78 is 38.0. The quantitative estimate of drug-likeness (QED) is 0.485. The number of anilines is 1. The molecule has 0 fully saturated rings. The van der Waals surface area contributed by atoms with Gasteiger partial charge in [0.25, 0.3) is 5.69 Å². The first-order valence-corrected chi connectivity index (χ1v) is 7.04. The first-order chi connectivity index (χ1) is 11.6. The van der Waals surface area contributed by atoms with Gasteiger partial charge in [-0.15, -0.1) is 0 Å². The lowest BCUT2D eigenvalue weighted by atomic mass is 10.1. The Labute approximate surface area is 140 Å². The maximum Gasteiger partial charge on any atom is 0.416 e. The Balaban J connectivity index is 2.27. The molecule has 6 nitrogen and oxygen atoms in total. The molecule has 132 valence electrons. The van der Waals surface area contributed by atoms with E-state index in [-0.39, 0.29) is 11.4 Å². The van der Waals surface area contributed by atoms with E-state index in [9.17, 15) is 28.4 Å². The molecule has 0 radical (unpaired) electrons. The first-order valence-electron chi connectivity index (χ1n) is 7.04. The van der Waals surface area contributed by atoms with Gasteiger partial charge in [0.15, 0.2) is 0 Å². The number of benzene rings is 2. The van der Waals surface area contributed by atoms with Crippen LogP contribution >= 0.6 is 0 Å². The van der Waals surface area contributed by atoms with Crippen LogP contribution in [0.25, 0.3) is 0 Å². The summed E-state index contributed by atoms with van der Waals surface area (Å²) in [5.74, 6) is 0.156. The van der Waals surface area contributed by atoms with Crippen LogP contribution in [0.4, 0.5) is 24.5 Å². The molecule has 0 aromatic heterocycles. The summed E-state index contributed by atoms with van der Waals surface area (Å²) in [6, 6.07) is 5.43. The highest BCUT2D eigenvalue weighted by Gasteiger charge is 2.33. The van der Waals surface area contributed by atoms with Crippen molar-refractivity contribution in [3.63, 3.8) is 0 Å². The molecular weight excluding hydrogens is 339 g/mol. The summed E-state index contributed by atoms with van der Waals surface area (Å²) in [5, 5.41) is 24.5. The van der Waals surface area contributed by atoms with Crippen LogP contribution in [-0.2, 0) is 6.18 Å². The number of nitrogens with zero attached hydrogens (tertiary/aromatic N) is 2. The number of rotatable bonds is 4. The molecule has 0 saturated heterocycles. The predicted octanol–water partition coefficient (Wildman–Crippen LogP) is 4.38. The van der Waals surface area contributed by atoms with Crippen molar-refractivity contribution in [3.8, 4) is 5.75 Å². The van der Waals surface area contributed by atoms with Gasteiger partial charge < -0.3 is 5.11 Å². The molecule has 25 heavy (non-hydrogen) atoms. The molecule has 0 atom stereocenters. The number of hydrazone groups is 1. The molecule has 2 rings (SSSR count). The van der Waals surface area contributed by atoms with Crippen molar-refractivity contribution in [1.29, 1.82) is 0 Å². The molecule has 0 bridgehead atoms. The Morgan fingerprint density at radius 2 is 1.80 bits per heavy atom. The fraction of sp³-hybridized carbons (Fsp3) is 0.188. The van der Waals surface area contributed by atoms with E-state index < -0.39 is 22.4 Å². The Hall–Kier alpha value is -3.10. The minimum Gasteiger partial charge on any atom is -0.507 e. The van der Waals surface area contributed by atoms with E-state index in [4.69, 9.17) is 0 Å². The molecule has 0 aliphatic heterocycles. The smallest absolute Gasteiger partial charge is 0.416 e. The first kappa shape index (κ1) is 18.2. The Morgan fingerprint density at radius 1 is 1.20 bits per heavy atom. The van der Waals surface area contributed by atoms with Crippen molar-refractivity contribution < 1.29 is 23.2 Å². The third-order valence-corrected chi connectivity index (χ3v) is 3.43. The standard InChI is InChI=1S/C16H14F3N3O3/c1-9-5-11(6-10(2)15(9)23)8-20-21-13-4-3-12(16(17,18)19)7-14(13)22(24)25/h3-8,21,23H,1-2H3. The number of nitro benzene ring substituents is 1. The number of hydrogen-bond donors (Lipinski definition) is 2. The molecule has 0 unspecified atom stereocenters. The van der Waals surface area contributed by atoms with Gasteiger partial charge >= 0.3 is 6.18 Å². The van der Waals surface area contributed by atoms with Crippen molar-refractivity contribution >= 4 is 17.6 Å². The number of nitrogens with one attached hydrogen (secondary N) is 1. The van der Waals surface area contributed by atoms with Gasteiger partial charge in [-0.3, -0.25) is 15.5 Å². The number of hydrogen-bond acceptors (Lipinski definition) is 5. The van der Waals surface area contributed by atoms with Crippen molar-refractivity contribution in [2.45, 2.75) is 20.0 Å². The van der Waals surface area contributed by atoms with Gasteiger partial charge in [-0.25, -0.2) is 0 Å². The summed E-state index contributed by atoms with van der Waals surface area (Å²) in [7, 11) is 0. The number of aryl methyl sites for hydroxylation is 2. The zero-order valence-electron chi connectivity index (χ0n) is 13.3. The van der Waals surface area contributed by atoms with Crippen LogP contribution in [0.1, 0.15) is 22.3 Å². The highest BCUT2D eigenvalue weighted by atomic mass is 19.4. The lowest BCUT2D eigenvalue weighted by Crippen LogP contribution is -2.06. The van der Waals surface area contributed by atoms with Crippen molar-refractivity contribution in [3.05, 3.63) is 62.7 Å². The monoisotopic (exact) mass is 353 g/mol. The number of phenolic OH excluding ortho intramolecular Hbond substituents is 1. The molecule has 0 spiro atoms. The molecule has 0 amide bonds. The van der Waals surface area contributed by atoms with Crippen molar-refractivity contribution in [2.24, 2.45) is 5.10 Å². The van der Waals surface area contributed by atoms with Crippen molar-refractivity contribution in [1.82, 2.24) is 0 Å². The average Bonchev–Trinajstić information content (AvgIpc) is 2.51.